The largest absolute Gasteiger partial charge is 0.444 e. The van der Waals surface area contributed by atoms with Gasteiger partial charge in [0.15, 0.2) is 0 Å². The highest BCUT2D eigenvalue weighted by molar-refractivity contribution is 7.20. The SMILES string of the molecule is CC(C)(C)OC(=O)N[C@@H]1CCN(c2nn3cc(C(C)(C)C)nc3s2)C1. The van der Waals surface area contributed by atoms with Crippen LogP contribution in [-0.4, -0.2) is 45.4 Å². The number of carbonyl (C=O) groups excluding carboxylic acids is 1. The lowest BCUT2D eigenvalue weighted by Crippen LogP contribution is -2.40. The Morgan fingerprint density at radius 2 is 2.04 bits per heavy atom. The van der Waals surface area contributed by atoms with Crippen LogP contribution < -0.4 is 10.2 Å². The second kappa shape index (κ2) is 6.16. The number of rotatable bonds is 2. The van der Waals surface area contributed by atoms with Gasteiger partial charge in [-0.1, -0.05) is 32.1 Å². The standard InChI is InChI=1S/C17H27N5O2S/c1-16(2,3)12-10-22-13(19-12)25-14(20-22)21-8-7-11(9-21)18-15(23)24-17(4,5)6/h10-11H,7-9H2,1-6H3,(H,18,23)/t11-/m1/s1. The number of alkyl carbamates (subject to hydrolysis) is 1. The summed E-state index contributed by atoms with van der Waals surface area (Å²) in [6.07, 6.45) is 2.53. The van der Waals surface area contributed by atoms with Crippen LogP contribution >= 0.6 is 11.3 Å². The van der Waals surface area contributed by atoms with E-state index in [1.165, 1.54) is 0 Å². The predicted molar refractivity (Wildman–Crippen MR) is 99.6 cm³/mol. The minimum atomic E-state index is -0.478. The molecule has 1 N–H and O–H groups in total. The molecule has 138 valence electrons. The summed E-state index contributed by atoms with van der Waals surface area (Å²) in [5.74, 6) is 0. The van der Waals surface area contributed by atoms with Crippen LogP contribution in [0.25, 0.3) is 4.96 Å². The molecule has 3 rings (SSSR count). The smallest absolute Gasteiger partial charge is 0.407 e. The van der Waals surface area contributed by atoms with E-state index in [0.29, 0.717) is 0 Å². The van der Waals surface area contributed by atoms with Crippen molar-refractivity contribution in [2.24, 2.45) is 0 Å². The number of anilines is 1. The third-order valence-electron chi connectivity index (χ3n) is 3.98. The van der Waals surface area contributed by atoms with Crippen molar-refractivity contribution in [2.45, 2.75) is 65.0 Å². The van der Waals surface area contributed by atoms with E-state index < -0.39 is 5.60 Å². The van der Waals surface area contributed by atoms with Crippen molar-refractivity contribution in [1.29, 1.82) is 0 Å². The monoisotopic (exact) mass is 365 g/mol. The van der Waals surface area contributed by atoms with Gasteiger partial charge >= 0.3 is 6.09 Å². The number of nitrogens with zero attached hydrogens (tertiary/aromatic N) is 4. The van der Waals surface area contributed by atoms with Crippen LogP contribution in [0.2, 0.25) is 0 Å². The van der Waals surface area contributed by atoms with Crippen molar-refractivity contribution < 1.29 is 9.53 Å². The van der Waals surface area contributed by atoms with E-state index in [1.807, 2.05) is 31.5 Å². The molecule has 1 aliphatic rings. The zero-order chi connectivity index (χ0) is 18.4. The molecule has 1 amide bonds. The molecule has 2 aromatic heterocycles. The highest BCUT2D eigenvalue weighted by atomic mass is 32.1. The molecule has 0 unspecified atom stereocenters. The summed E-state index contributed by atoms with van der Waals surface area (Å²) < 4.78 is 7.18. The van der Waals surface area contributed by atoms with Gasteiger partial charge in [0.25, 0.3) is 0 Å². The van der Waals surface area contributed by atoms with Crippen LogP contribution in [0, 0.1) is 0 Å². The molecule has 1 saturated heterocycles. The topological polar surface area (TPSA) is 71.8 Å². The fourth-order valence-electron chi connectivity index (χ4n) is 2.70. The van der Waals surface area contributed by atoms with Gasteiger partial charge in [0.05, 0.1) is 17.9 Å². The van der Waals surface area contributed by atoms with E-state index in [4.69, 9.17) is 4.74 Å². The van der Waals surface area contributed by atoms with Crippen molar-refractivity contribution in [3.05, 3.63) is 11.9 Å². The van der Waals surface area contributed by atoms with Gasteiger partial charge in [-0.15, -0.1) is 5.10 Å². The van der Waals surface area contributed by atoms with Crippen molar-refractivity contribution in [3.8, 4) is 0 Å². The van der Waals surface area contributed by atoms with Crippen LogP contribution in [0.5, 0.6) is 0 Å². The first kappa shape index (κ1) is 18.0. The molecule has 0 bridgehead atoms. The summed E-state index contributed by atoms with van der Waals surface area (Å²) >= 11 is 1.59. The summed E-state index contributed by atoms with van der Waals surface area (Å²) in [6.45, 7) is 13.6. The quantitative estimate of drug-likeness (QED) is 0.885. The fourth-order valence-corrected chi connectivity index (χ4v) is 3.62. The molecule has 3 heterocycles. The average Bonchev–Trinajstić information content (AvgIpc) is 3.06. The average molecular weight is 366 g/mol. The van der Waals surface area contributed by atoms with Crippen molar-refractivity contribution in [1.82, 2.24) is 19.9 Å². The number of aromatic nitrogens is 3. The highest BCUT2D eigenvalue weighted by Crippen LogP contribution is 2.29. The van der Waals surface area contributed by atoms with Gasteiger partial charge in [0, 0.05) is 18.5 Å². The number of hydrogen-bond donors (Lipinski definition) is 1. The molecule has 8 heteroatoms. The number of nitrogens with one attached hydrogen (secondary N) is 1. The summed E-state index contributed by atoms with van der Waals surface area (Å²) in [5.41, 5.74) is 0.584. The van der Waals surface area contributed by atoms with Crippen LogP contribution in [-0.2, 0) is 10.2 Å². The van der Waals surface area contributed by atoms with Gasteiger partial charge in [0.2, 0.25) is 10.1 Å². The Morgan fingerprint density at radius 1 is 1.32 bits per heavy atom. The maximum atomic E-state index is 11.9. The van der Waals surface area contributed by atoms with Crippen molar-refractivity contribution in [2.75, 3.05) is 18.0 Å². The Hall–Kier alpha value is -1.83. The lowest BCUT2D eigenvalue weighted by atomic mass is 9.93. The molecule has 0 spiro atoms. The highest BCUT2D eigenvalue weighted by Gasteiger charge is 2.28. The molecule has 0 aliphatic carbocycles. The first-order chi connectivity index (χ1) is 11.5. The first-order valence-electron chi connectivity index (χ1n) is 8.62. The maximum Gasteiger partial charge on any atom is 0.407 e. The van der Waals surface area contributed by atoms with Gasteiger partial charge in [-0.25, -0.2) is 14.3 Å². The number of carbonyl (C=O) groups is 1. The molecular formula is C17H27N5O2S. The molecule has 1 aliphatic heterocycles. The van der Waals surface area contributed by atoms with Gasteiger partial charge in [0.1, 0.15) is 5.60 Å². The summed E-state index contributed by atoms with van der Waals surface area (Å²) in [7, 11) is 0. The molecule has 1 atom stereocenters. The van der Waals surface area contributed by atoms with Gasteiger partial charge in [-0.2, -0.15) is 0 Å². The number of fused-ring (bicyclic) bond motifs is 1. The Kier molecular flexibility index (Phi) is 4.43. The third-order valence-corrected chi connectivity index (χ3v) is 4.96. The lowest BCUT2D eigenvalue weighted by molar-refractivity contribution is 0.0509. The lowest BCUT2D eigenvalue weighted by Gasteiger charge is -2.21. The van der Waals surface area contributed by atoms with Crippen molar-refractivity contribution in [3.63, 3.8) is 0 Å². The first-order valence-corrected chi connectivity index (χ1v) is 9.44. The molecule has 0 radical (unpaired) electrons. The Labute approximate surface area is 152 Å². The minimum Gasteiger partial charge on any atom is -0.444 e. The van der Waals surface area contributed by atoms with Gasteiger partial charge < -0.3 is 15.0 Å². The van der Waals surface area contributed by atoms with Crippen LogP contribution in [0.4, 0.5) is 9.93 Å². The molecular weight excluding hydrogens is 338 g/mol. The number of amides is 1. The summed E-state index contributed by atoms with van der Waals surface area (Å²) in [4.78, 5) is 19.7. The Bertz CT molecular complexity index is 737. The second-order valence-corrected chi connectivity index (χ2v) is 9.50. The third kappa shape index (κ3) is 4.23. The Morgan fingerprint density at radius 3 is 2.64 bits per heavy atom. The minimum absolute atomic E-state index is 0.0175. The zero-order valence-electron chi connectivity index (χ0n) is 15.8. The normalized spacial score (nSPS) is 18.8. The van der Waals surface area contributed by atoms with E-state index in [2.05, 4.69) is 41.1 Å². The second-order valence-electron chi connectivity index (χ2n) is 8.57. The molecule has 1 fully saturated rings. The molecule has 7 nitrogen and oxygen atoms in total. The Balaban J connectivity index is 1.63. The summed E-state index contributed by atoms with van der Waals surface area (Å²) in [6, 6.07) is 0.0798. The molecule has 0 saturated carbocycles. The van der Waals surface area contributed by atoms with E-state index >= 15 is 0 Å². The van der Waals surface area contributed by atoms with Gasteiger partial charge in [-0.3, -0.25) is 0 Å². The molecule has 25 heavy (non-hydrogen) atoms. The van der Waals surface area contributed by atoms with Crippen LogP contribution in [0.3, 0.4) is 0 Å². The van der Waals surface area contributed by atoms with Gasteiger partial charge in [-0.05, 0) is 27.2 Å². The van der Waals surface area contributed by atoms with E-state index in [9.17, 15) is 4.79 Å². The number of imidazole rings is 1. The molecule has 0 aromatic carbocycles. The van der Waals surface area contributed by atoms with Crippen LogP contribution in [0.1, 0.15) is 53.7 Å². The van der Waals surface area contributed by atoms with E-state index in [1.54, 1.807) is 11.3 Å². The van der Waals surface area contributed by atoms with Crippen molar-refractivity contribution >= 4 is 27.5 Å². The number of hydrogen-bond acceptors (Lipinski definition) is 6. The predicted octanol–water partition coefficient (Wildman–Crippen LogP) is 3.19. The zero-order valence-corrected chi connectivity index (χ0v) is 16.6. The summed E-state index contributed by atoms with van der Waals surface area (Å²) in [5, 5.41) is 8.54. The van der Waals surface area contributed by atoms with E-state index in [-0.39, 0.29) is 17.6 Å². The van der Waals surface area contributed by atoms with E-state index in [0.717, 1.165) is 35.3 Å². The molecule has 2 aromatic rings. The number of ether oxygens (including phenoxy) is 1. The fraction of sp³-hybridized carbons (Fsp3) is 0.706. The maximum absolute atomic E-state index is 11.9. The van der Waals surface area contributed by atoms with Crippen LogP contribution in [0.15, 0.2) is 6.20 Å².